The molecule has 16 heavy (non-hydrogen) atoms. The highest BCUT2D eigenvalue weighted by atomic mass is 16.1. The molecule has 0 aromatic heterocycles. The Morgan fingerprint density at radius 3 is 2.56 bits per heavy atom. The van der Waals surface area contributed by atoms with Gasteiger partial charge in [-0.1, -0.05) is 51.5 Å². The van der Waals surface area contributed by atoms with Gasteiger partial charge in [0.25, 0.3) is 0 Å². The summed E-state index contributed by atoms with van der Waals surface area (Å²) >= 11 is 0. The molecule has 0 saturated heterocycles. The van der Waals surface area contributed by atoms with Gasteiger partial charge in [0.1, 0.15) is 0 Å². The molecule has 0 heterocycles. The molecule has 0 N–H and O–H groups in total. The second-order valence-corrected chi connectivity index (χ2v) is 5.04. The van der Waals surface area contributed by atoms with E-state index >= 15 is 0 Å². The van der Waals surface area contributed by atoms with Crippen LogP contribution >= 0.6 is 0 Å². The van der Waals surface area contributed by atoms with E-state index in [1.807, 2.05) is 6.08 Å². The van der Waals surface area contributed by atoms with Gasteiger partial charge in [0.05, 0.1) is 0 Å². The predicted octanol–water partition coefficient (Wildman–Crippen LogP) is 4.66. The van der Waals surface area contributed by atoms with E-state index in [-0.39, 0.29) is 0 Å². The van der Waals surface area contributed by atoms with Crippen molar-refractivity contribution >= 4 is 5.78 Å². The van der Waals surface area contributed by atoms with Gasteiger partial charge in [-0.2, -0.15) is 0 Å². The van der Waals surface area contributed by atoms with Crippen LogP contribution in [0.3, 0.4) is 0 Å². The van der Waals surface area contributed by atoms with Crippen molar-refractivity contribution in [3.05, 3.63) is 11.6 Å². The zero-order valence-electron chi connectivity index (χ0n) is 10.9. The molecule has 1 unspecified atom stereocenters. The average molecular weight is 222 g/mol. The van der Waals surface area contributed by atoms with E-state index in [4.69, 9.17) is 0 Å². The minimum absolute atomic E-state index is 0.367. The molecular weight excluding hydrogens is 196 g/mol. The van der Waals surface area contributed by atoms with E-state index in [0.717, 1.165) is 6.42 Å². The topological polar surface area (TPSA) is 17.1 Å². The van der Waals surface area contributed by atoms with Crippen molar-refractivity contribution in [2.24, 2.45) is 5.92 Å². The Hall–Kier alpha value is -0.590. The van der Waals surface area contributed by atoms with Crippen LogP contribution in [0.1, 0.15) is 71.6 Å². The van der Waals surface area contributed by atoms with Gasteiger partial charge in [-0.05, 0) is 31.3 Å². The van der Waals surface area contributed by atoms with Crippen LogP contribution in [-0.4, -0.2) is 5.78 Å². The Kier molecular flexibility index (Phi) is 6.44. The van der Waals surface area contributed by atoms with Crippen LogP contribution in [0.15, 0.2) is 11.6 Å². The first-order valence-corrected chi connectivity index (χ1v) is 7.01. The summed E-state index contributed by atoms with van der Waals surface area (Å²) in [6, 6.07) is 0. The van der Waals surface area contributed by atoms with E-state index in [2.05, 4.69) is 13.8 Å². The van der Waals surface area contributed by atoms with E-state index in [0.29, 0.717) is 11.7 Å². The minimum atomic E-state index is 0.367. The molecule has 1 nitrogen and oxygen atoms in total. The van der Waals surface area contributed by atoms with Crippen LogP contribution in [0.4, 0.5) is 0 Å². The highest BCUT2D eigenvalue weighted by Crippen LogP contribution is 2.31. The van der Waals surface area contributed by atoms with E-state index in [9.17, 15) is 4.79 Å². The van der Waals surface area contributed by atoms with Crippen LogP contribution in [0, 0.1) is 5.92 Å². The van der Waals surface area contributed by atoms with Crippen molar-refractivity contribution in [2.75, 3.05) is 0 Å². The third kappa shape index (κ3) is 4.51. The van der Waals surface area contributed by atoms with Crippen molar-refractivity contribution in [2.45, 2.75) is 71.6 Å². The number of carbonyl (C=O) groups is 1. The van der Waals surface area contributed by atoms with Gasteiger partial charge in [0.15, 0.2) is 5.78 Å². The number of unbranched alkanes of at least 4 members (excludes halogenated alkanes) is 4. The molecule has 1 rings (SSSR count). The van der Waals surface area contributed by atoms with Gasteiger partial charge in [-0.25, -0.2) is 0 Å². The highest BCUT2D eigenvalue weighted by Gasteiger charge is 2.23. The molecule has 1 heteroatoms. The standard InChI is InChI=1S/C15H26O/c1-3-5-7-8-10-14-12-15(16)11-13(14)9-6-4-2/h12-13H,3-11H2,1-2H3. The average Bonchev–Trinajstić information content (AvgIpc) is 2.62. The Bertz CT molecular complexity index is 240. The number of hydrogen-bond acceptors (Lipinski definition) is 1. The largest absolute Gasteiger partial charge is 0.295 e. The second kappa shape index (κ2) is 7.65. The Balaban J connectivity index is 2.30. The smallest absolute Gasteiger partial charge is 0.156 e. The molecule has 0 aromatic carbocycles. The summed E-state index contributed by atoms with van der Waals surface area (Å²) in [6.07, 6.45) is 12.9. The van der Waals surface area contributed by atoms with E-state index in [1.165, 1.54) is 56.9 Å². The Morgan fingerprint density at radius 1 is 1.12 bits per heavy atom. The van der Waals surface area contributed by atoms with Crippen molar-refractivity contribution in [3.63, 3.8) is 0 Å². The Labute approximate surface area is 100 Å². The fourth-order valence-electron chi connectivity index (χ4n) is 2.53. The lowest BCUT2D eigenvalue weighted by atomic mass is 9.92. The SMILES string of the molecule is CCCCCCC1=CC(=O)CC1CCCC. The molecule has 1 aliphatic carbocycles. The normalized spacial score (nSPS) is 20.2. The molecule has 0 fully saturated rings. The first-order valence-electron chi connectivity index (χ1n) is 7.01. The molecule has 0 saturated carbocycles. The molecule has 1 aliphatic rings. The zero-order chi connectivity index (χ0) is 11.8. The fourth-order valence-corrected chi connectivity index (χ4v) is 2.53. The zero-order valence-corrected chi connectivity index (χ0v) is 10.9. The van der Waals surface area contributed by atoms with Crippen LogP contribution in [0.5, 0.6) is 0 Å². The maximum atomic E-state index is 11.4. The van der Waals surface area contributed by atoms with Crippen LogP contribution in [0.2, 0.25) is 0 Å². The quantitative estimate of drug-likeness (QED) is 0.546. The first kappa shape index (κ1) is 13.5. The summed E-state index contributed by atoms with van der Waals surface area (Å²) in [7, 11) is 0. The number of allylic oxidation sites excluding steroid dienone is 2. The monoisotopic (exact) mass is 222 g/mol. The number of carbonyl (C=O) groups excluding carboxylic acids is 1. The summed E-state index contributed by atoms with van der Waals surface area (Å²) in [5, 5.41) is 0. The molecule has 0 bridgehead atoms. The van der Waals surface area contributed by atoms with Gasteiger partial charge in [-0.15, -0.1) is 0 Å². The molecule has 0 aromatic rings. The van der Waals surface area contributed by atoms with Crippen molar-refractivity contribution < 1.29 is 4.79 Å². The third-order valence-electron chi connectivity index (χ3n) is 3.54. The minimum Gasteiger partial charge on any atom is -0.295 e. The molecule has 0 radical (unpaired) electrons. The molecule has 0 spiro atoms. The van der Waals surface area contributed by atoms with Crippen LogP contribution in [-0.2, 0) is 4.79 Å². The maximum absolute atomic E-state index is 11.4. The van der Waals surface area contributed by atoms with Crippen molar-refractivity contribution in [1.29, 1.82) is 0 Å². The molecule has 92 valence electrons. The lowest BCUT2D eigenvalue weighted by molar-refractivity contribution is -0.114. The molecular formula is C15H26O. The van der Waals surface area contributed by atoms with E-state index in [1.54, 1.807) is 0 Å². The summed E-state index contributed by atoms with van der Waals surface area (Å²) in [6.45, 7) is 4.46. The van der Waals surface area contributed by atoms with Gasteiger partial charge >= 0.3 is 0 Å². The van der Waals surface area contributed by atoms with Crippen LogP contribution < -0.4 is 0 Å². The number of hydrogen-bond donors (Lipinski definition) is 0. The molecule has 0 aliphatic heterocycles. The summed E-state index contributed by atoms with van der Waals surface area (Å²) in [5.74, 6) is 0.959. The van der Waals surface area contributed by atoms with E-state index < -0.39 is 0 Å². The van der Waals surface area contributed by atoms with Crippen molar-refractivity contribution in [1.82, 2.24) is 0 Å². The summed E-state index contributed by atoms with van der Waals surface area (Å²) in [5.41, 5.74) is 1.45. The number of rotatable bonds is 8. The summed E-state index contributed by atoms with van der Waals surface area (Å²) in [4.78, 5) is 11.4. The van der Waals surface area contributed by atoms with Gasteiger partial charge in [0, 0.05) is 6.42 Å². The third-order valence-corrected chi connectivity index (χ3v) is 3.54. The van der Waals surface area contributed by atoms with Gasteiger partial charge < -0.3 is 0 Å². The second-order valence-electron chi connectivity index (χ2n) is 5.04. The predicted molar refractivity (Wildman–Crippen MR) is 69.5 cm³/mol. The van der Waals surface area contributed by atoms with Crippen molar-refractivity contribution in [3.8, 4) is 0 Å². The van der Waals surface area contributed by atoms with Gasteiger partial charge in [-0.3, -0.25) is 4.79 Å². The lowest BCUT2D eigenvalue weighted by Crippen LogP contribution is -2.01. The fraction of sp³-hybridized carbons (Fsp3) is 0.800. The lowest BCUT2D eigenvalue weighted by Gasteiger charge is -2.13. The molecule has 0 amide bonds. The molecule has 1 atom stereocenters. The van der Waals surface area contributed by atoms with Gasteiger partial charge in [0.2, 0.25) is 0 Å². The highest BCUT2D eigenvalue weighted by molar-refractivity contribution is 5.93. The number of ketones is 1. The first-order chi connectivity index (χ1) is 7.77. The Morgan fingerprint density at radius 2 is 1.88 bits per heavy atom. The van der Waals surface area contributed by atoms with Crippen LogP contribution in [0.25, 0.3) is 0 Å². The summed E-state index contributed by atoms with van der Waals surface area (Å²) < 4.78 is 0. The maximum Gasteiger partial charge on any atom is 0.156 e.